The lowest BCUT2D eigenvalue weighted by atomic mass is 9.92. The smallest absolute Gasteiger partial charge is 0.239 e. The Morgan fingerprint density at radius 1 is 1.46 bits per heavy atom. The Kier molecular flexibility index (Phi) is 4.97. The fourth-order valence-corrected chi connectivity index (χ4v) is 3.12. The van der Waals surface area contributed by atoms with Crippen LogP contribution < -0.4 is 5.73 Å². The Labute approximate surface area is 145 Å². The van der Waals surface area contributed by atoms with E-state index in [4.69, 9.17) is 17.3 Å². The number of hydrogen-bond donors (Lipinski definition) is 1. The Morgan fingerprint density at radius 3 is 3.00 bits per heavy atom. The molecule has 0 fully saturated rings. The molecule has 0 radical (unpaired) electrons. The Bertz CT molecular complexity index is 766. The molecule has 1 aliphatic rings. The van der Waals surface area contributed by atoms with Crippen LogP contribution in [-0.2, 0) is 24.3 Å². The molecule has 1 atom stereocenters. The van der Waals surface area contributed by atoms with Crippen LogP contribution in [0.5, 0.6) is 0 Å². The van der Waals surface area contributed by atoms with Gasteiger partial charge < -0.3 is 5.73 Å². The predicted molar refractivity (Wildman–Crippen MR) is 92.1 cm³/mol. The Balaban J connectivity index is 1.77. The van der Waals surface area contributed by atoms with E-state index in [1.165, 1.54) is 5.56 Å². The molecule has 2 heterocycles. The molecule has 0 saturated heterocycles. The van der Waals surface area contributed by atoms with Crippen molar-refractivity contribution in [1.82, 2.24) is 19.9 Å². The Hall–Kier alpha value is -2.18. The summed E-state index contributed by atoms with van der Waals surface area (Å²) in [4.78, 5) is 14.1. The SMILES string of the molecule is C/C(Cl)=C/Cn1cc(CN2CCc3ccccc3C2C(N)=O)nn1. The van der Waals surface area contributed by atoms with E-state index in [0.29, 0.717) is 18.1 Å². The monoisotopic (exact) mass is 345 g/mol. The quantitative estimate of drug-likeness (QED) is 0.899. The largest absolute Gasteiger partial charge is 0.368 e. The number of rotatable bonds is 5. The molecule has 1 aliphatic heterocycles. The highest BCUT2D eigenvalue weighted by molar-refractivity contribution is 6.29. The second-order valence-electron chi connectivity index (χ2n) is 5.95. The molecule has 2 aromatic rings. The number of nitrogens with zero attached hydrogens (tertiary/aromatic N) is 4. The predicted octanol–water partition coefficient (Wildman–Crippen LogP) is 2.01. The first-order chi connectivity index (χ1) is 11.5. The Morgan fingerprint density at radius 2 is 2.25 bits per heavy atom. The second-order valence-corrected chi connectivity index (χ2v) is 6.54. The van der Waals surface area contributed by atoms with Crippen molar-refractivity contribution >= 4 is 17.5 Å². The number of carbonyl (C=O) groups is 1. The van der Waals surface area contributed by atoms with Gasteiger partial charge in [-0.05, 0) is 30.5 Å². The summed E-state index contributed by atoms with van der Waals surface area (Å²) < 4.78 is 1.72. The third kappa shape index (κ3) is 3.66. The van der Waals surface area contributed by atoms with Crippen LogP contribution in [0.3, 0.4) is 0 Å². The second kappa shape index (κ2) is 7.15. The van der Waals surface area contributed by atoms with Crippen molar-refractivity contribution in [1.29, 1.82) is 0 Å². The maximum absolute atomic E-state index is 12.0. The summed E-state index contributed by atoms with van der Waals surface area (Å²) in [6.07, 6.45) is 4.63. The number of halogens is 1. The van der Waals surface area contributed by atoms with Crippen molar-refractivity contribution < 1.29 is 4.79 Å². The lowest BCUT2D eigenvalue weighted by Crippen LogP contribution is -2.42. The number of benzene rings is 1. The first-order valence-corrected chi connectivity index (χ1v) is 8.25. The van der Waals surface area contributed by atoms with E-state index in [2.05, 4.69) is 21.3 Å². The zero-order valence-corrected chi connectivity index (χ0v) is 14.3. The van der Waals surface area contributed by atoms with Crippen molar-refractivity contribution in [2.24, 2.45) is 5.73 Å². The number of amides is 1. The molecule has 0 aliphatic carbocycles. The highest BCUT2D eigenvalue weighted by Gasteiger charge is 2.31. The minimum Gasteiger partial charge on any atom is -0.368 e. The normalized spacial score (nSPS) is 18.4. The van der Waals surface area contributed by atoms with Gasteiger partial charge in [0.2, 0.25) is 5.91 Å². The van der Waals surface area contributed by atoms with Gasteiger partial charge in [0.1, 0.15) is 6.04 Å². The van der Waals surface area contributed by atoms with Gasteiger partial charge in [0.25, 0.3) is 0 Å². The number of carbonyl (C=O) groups excluding carboxylic acids is 1. The van der Waals surface area contributed by atoms with Gasteiger partial charge in [0.15, 0.2) is 0 Å². The van der Waals surface area contributed by atoms with E-state index in [1.807, 2.05) is 37.4 Å². The summed E-state index contributed by atoms with van der Waals surface area (Å²) >= 11 is 5.83. The third-order valence-corrected chi connectivity index (χ3v) is 4.32. The lowest BCUT2D eigenvalue weighted by molar-refractivity contribution is -0.124. The van der Waals surface area contributed by atoms with Crippen molar-refractivity contribution in [3.05, 3.63) is 58.4 Å². The molecule has 1 aromatic heterocycles. The molecule has 126 valence electrons. The number of allylic oxidation sites excluding steroid dienone is 2. The van der Waals surface area contributed by atoms with Gasteiger partial charge in [-0.25, -0.2) is 4.68 Å². The first kappa shape index (κ1) is 16.7. The van der Waals surface area contributed by atoms with E-state index in [0.717, 1.165) is 24.2 Å². The summed E-state index contributed by atoms with van der Waals surface area (Å²) in [7, 11) is 0. The zero-order chi connectivity index (χ0) is 17.1. The standard InChI is InChI=1S/C17H20ClN5O/c1-12(18)6-9-23-11-14(20-21-23)10-22-8-7-13-4-2-3-5-15(13)16(22)17(19)24/h2-6,11,16H,7-10H2,1H3,(H2,19,24)/b12-6-. The molecule has 0 saturated carbocycles. The molecular weight excluding hydrogens is 326 g/mol. The maximum atomic E-state index is 12.0. The van der Waals surface area contributed by atoms with Crippen LogP contribution in [0, 0.1) is 0 Å². The molecule has 1 unspecified atom stereocenters. The van der Waals surface area contributed by atoms with E-state index in [9.17, 15) is 4.79 Å². The summed E-state index contributed by atoms with van der Waals surface area (Å²) in [5, 5.41) is 8.99. The number of nitrogens with two attached hydrogens (primary N) is 1. The van der Waals surface area contributed by atoms with Gasteiger partial charge in [0, 0.05) is 18.1 Å². The molecule has 1 aromatic carbocycles. The zero-order valence-electron chi connectivity index (χ0n) is 13.5. The van der Waals surface area contributed by atoms with Gasteiger partial charge in [-0.2, -0.15) is 0 Å². The fourth-order valence-electron chi connectivity index (χ4n) is 3.05. The van der Waals surface area contributed by atoms with E-state index >= 15 is 0 Å². The maximum Gasteiger partial charge on any atom is 0.239 e. The molecular formula is C17H20ClN5O. The number of fused-ring (bicyclic) bond motifs is 1. The average molecular weight is 346 g/mol. The summed E-state index contributed by atoms with van der Waals surface area (Å²) in [6.45, 7) is 3.69. The molecule has 24 heavy (non-hydrogen) atoms. The minimum absolute atomic E-state index is 0.338. The summed E-state index contributed by atoms with van der Waals surface area (Å²) in [5.41, 5.74) is 8.65. The van der Waals surface area contributed by atoms with E-state index < -0.39 is 6.04 Å². The van der Waals surface area contributed by atoms with Crippen molar-refractivity contribution in [2.75, 3.05) is 6.54 Å². The van der Waals surface area contributed by atoms with Crippen LogP contribution in [0.15, 0.2) is 41.6 Å². The van der Waals surface area contributed by atoms with Crippen LogP contribution in [0.4, 0.5) is 0 Å². The molecule has 0 bridgehead atoms. The fraction of sp³-hybridized carbons (Fsp3) is 0.353. The summed E-state index contributed by atoms with van der Waals surface area (Å²) in [5.74, 6) is -0.338. The molecule has 3 rings (SSSR count). The van der Waals surface area contributed by atoms with E-state index in [-0.39, 0.29) is 5.91 Å². The van der Waals surface area contributed by atoms with Gasteiger partial charge in [-0.15, -0.1) is 5.10 Å². The van der Waals surface area contributed by atoms with Crippen LogP contribution in [0.25, 0.3) is 0 Å². The molecule has 7 heteroatoms. The van der Waals surface area contributed by atoms with Gasteiger partial charge in [-0.1, -0.05) is 41.1 Å². The average Bonchev–Trinajstić information content (AvgIpc) is 3.00. The topological polar surface area (TPSA) is 77.0 Å². The third-order valence-electron chi connectivity index (χ3n) is 4.16. The van der Waals surface area contributed by atoms with Crippen molar-refractivity contribution in [2.45, 2.75) is 32.5 Å². The first-order valence-electron chi connectivity index (χ1n) is 7.87. The lowest BCUT2D eigenvalue weighted by Gasteiger charge is -2.34. The van der Waals surface area contributed by atoms with Crippen LogP contribution in [0.2, 0.25) is 0 Å². The van der Waals surface area contributed by atoms with Gasteiger partial charge in [-0.3, -0.25) is 9.69 Å². The highest BCUT2D eigenvalue weighted by atomic mass is 35.5. The van der Waals surface area contributed by atoms with Crippen molar-refractivity contribution in [3.63, 3.8) is 0 Å². The number of primary amides is 1. The number of hydrogen-bond acceptors (Lipinski definition) is 4. The molecule has 1 amide bonds. The highest BCUT2D eigenvalue weighted by Crippen LogP contribution is 2.30. The summed E-state index contributed by atoms with van der Waals surface area (Å²) in [6, 6.07) is 7.53. The van der Waals surface area contributed by atoms with E-state index in [1.54, 1.807) is 4.68 Å². The van der Waals surface area contributed by atoms with Crippen LogP contribution in [0.1, 0.15) is 29.8 Å². The van der Waals surface area contributed by atoms with Crippen LogP contribution >= 0.6 is 11.6 Å². The van der Waals surface area contributed by atoms with Gasteiger partial charge in [0.05, 0.1) is 18.4 Å². The molecule has 6 nitrogen and oxygen atoms in total. The van der Waals surface area contributed by atoms with Crippen LogP contribution in [-0.4, -0.2) is 32.3 Å². The number of aromatic nitrogens is 3. The van der Waals surface area contributed by atoms with Gasteiger partial charge >= 0.3 is 0 Å². The molecule has 2 N–H and O–H groups in total. The van der Waals surface area contributed by atoms with Crippen molar-refractivity contribution in [3.8, 4) is 0 Å². The molecule has 0 spiro atoms. The minimum atomic E-state index is -0.426.